The normalized spacial score (nSPS) is 0. The van der Waals surface area contributed by atoms with Crippen molar-refractivity contribution in [2.75, 3.05) is 0 Å². The quantitative estimate of drug-likeness (QED) is 0.279. The van der Waals surface area contributed by atoms with Crippen LogP contribution in [0.15, 0.2) is 0 Å². The molecule has 55 valence electrons. The van der Waals surface area contributed by atoms with Crippen molar-refractivity contribution in [1.29, 1.82) is 0 Å². The van der Waals surface area contributed by atoms with Gasteiger partial charge in [0.1, 0.15) is 0 Å². The molecule has 6 heavy (non-hydrogen) atoms. The van der Waals surface area contributed by atoms with Crippen LogP contribution in [0.1, 0.15) is 0 Å². The van der Waals surface area contributed by atoms with Gasteiger partial charge in [0, 0.05) is 106 Å². The summed E-state index contributed by atoms with van der Waals surface area (Å²) in [5.74, 6) is 0. The van der Waals surface area contributed by atoms with Crippen LogP contribution < -0.4 is 0 Å². The molecule has 0 heterocycles. The summed E-state index contributed by atoms with van der Waals surface area (Å²) < 4.78 is 0. The fraction of sp³-hybridized carbons (Fsp3) is 0. The maximum absolute atomic E-state index is 0. The molecule has 0 nitrogen and oxygen atoms in total. The van der Waals surface area contributed by atoms with E-state index in [9.17, 15) is 0 Å². The van der Waals surface area contributed by atoms with Crippen LogP contribution in [0.3, 0.4) is 0 Å². The molecule has 0 bridgehead atoms. The van der Waals surface area contributed by atoms with Crippen molar-refractivity contribution in [1.82, 2.24) is 0 Å². The summed E-state index contributed by atoms with van der Waals surface area (Å²) in [7, 11) is 0. The van der Waals surface area contributed by atoms with Crippen molar-refractivity contribution in [3.8, 4) is 0 Å². The third-order valence-corrected chi connectivity index (χ3v) is 0. The maximum atomic E-state index is 0. The van der Waals surface area contributed by atoms with Crippen LogP contribution in [0.4, 0.5) is 0 Å². The molecule has 0 rings (SSSR count). The Morgan fingerprint density at radius 3 is 1.00 bits per heavy atom. The van der Waals surface area contributed by atoms with Crippen molar-refractivity contribution in [2.24, 2.45) is 0 Å². The fourth-order valence-corrected chi connectivity index (χ4v) is 0. The molecule has 0 spiro atoms. The van der Waals surface area contributed by atoms with Crippen LogP contribution in [0.2, 0.25) is 0 Å². The molecule has 0 atom stereocenters. The van der Waals surface area contributed by atoms with Gasteiger partial charge in [-0.05, 0) is 0 Å². The fourth-order valence-electron chi connectivity index (χ4n) is 0. The van der Waals surface area contributed by atoms with Crippen LogP contribution >= 0.6 is 0 Å². The predicted octanol–water partition coefficient (Wildman–Crippen LogP) is -0.929. The van der Waals surface area contributed by atoms with Gasteiger partial charge in [-0.2, -0.15) is 0 Å². The van der Waals surface area contributed by atoms with Gasteiger partial charge in [0.25, 0.3) is 0 Å². The van der Waals surface area contributed by atoms with Crippen LogP contribution in [0.25, 0.3) is 0 Å². The van der Waals surface area contributed by atoms with Gasteiger partial charge in [0.2, 0.25) is 0 Å². The van der Waals surface area contributed by atoms with Gasteiger partial charge < -0.3 is 0 Å². The molecule has 6 heteroatoms. The summed E-state index contributed by atoms with van der Waals surface area (Å²) in [6, 6.07) is 0. The summed E-state index contributed by atoms with van der Waals surface area (Å²) in [4.78, 5) is 0. The third-order valence-electron chi connectivity index (χ3n) is 0. The molecule has 0 aliphatic rings. The second-order valence-corrected chi connectivity index (χ2v) is 0. The second-order valence-electron chi connectivity index (χ2n) is 0. The SMILES string of the molecule is [Ag].[Au].[Pd].[Pt].[Rh].[SrH2]. The summed E-state index contributed by atoms with van der Waals surface area (Å²) >= 11 is 0. The molecule has 0 saturated carbocycles. The molecule has 0 aliphatic heterocycles. The van der Waals surface area contributed by atoms with Gasteiger partial charge in [-0.3, -0.25) is 0 Å². The van der Waals surface area contributed by atoms with Gasteiger partial charge in [0.05, 0.1) is 0 Å². The van der Waals surface area contributed by atoms with Gasteiger partial charge in [0.15, 0.2) is 0 Å². The van der Waals surface area contributed by atoms with Crippen LogP contribution in [-0.2, 0) is 106 Å². The minimum atomic E-state index is 0. The van der Waals surface area contributed by atoms with Gasteiger partial charge in [-0.1, -0.05) is 0 Å². The Morgan fingerprint density at radius 1 is 1.00 bits per heavy atom. The Bertz CT molecular complexity index is 15.5. The molecule has 0 saturated heterocycles. The molecule has 0 aliphatic carbocycles. The van der Waals surface area contributed by atoms with Crippen LogP contribution in [-0.4, -0.2) is 45.5 Å². The first kappa shape index (κ1) is 44.3. The zero-order chi connectivity index (χ0) is 0. The van der Waals surface area contributed by atoms with E-state index in [-0.39, 0.29) is 151 Å². The Kier molecular flexibility index (Phi) is 241. The number of hydrogen-bond donors (Lipinski definition) is 0. The molecule has 0 fully saturated rings. The zero-order valence-corrected chi connectivity index (χ0v) is 10.7. The Labute approximate surface area is 147 Å². The first-order chi connectivity index (χ1) is 0. The van der Waals surface area contributed by atoms with E-state index < -0.39 is 0 Å². The number of rotatable bonds is 0. The van der Waals surface area contributed by atoms with Gasteiger partial charge in [-0.25, -0.2) is 0 Å². The molecule has 3 radical (unpaired) electrons. The summed E-state index contributed by atoms with van der Waals surface area (Å²) in [5.41, 5.74) is 0. The molecule has 0 aromatic heterocycles. The topological polar surface area (TPSA) is 0 Å². The molecule has 0 aromatic rings. The van der Waals surface area contributed by atoms with Crippen LogP contribution in [0.5, 0.6) is 0 Å². The standard InChI is InChI=1S/Ag.Au.Pd.Pt.Rh.Sr.2H. The predicted molar refractivity (Wildman–Crippen MR) is 8.54 cm³/mol. The van der Waals surface area contributed by atoms with E-state index in [4.69, 9.17) is 0 Å². The Morgan fingerprint density at radius 2 is 1.00 bits per heavy atom. The zero-order valence-electron chi connectivity index (χ0n) is 1.57. The molecule has 0 aromatic carbocycles. The van der Waals surface area contributed by atoms with Gasteiger partial charge >= 0.3 is 45.5 Å². The Hall–Kier alpha value is 4.94. The molecule has 0 amide bonds. The molecule has 0 N–H and O–H groups in total. The van der Waals surface area contributed by atoms with Crippen molar-refractivity contribution in [3.63, 3.8) is 0 Å². The van der Waals surface area contributed by atoms with E-state index in [1.165, 1.54) is 0 Å². The molecular formula is H2AgAuPdPtRhSr. The average Bonchev–Trinajstić information content (AvgIpc) is 0. The van der Waals surface area contributed by atoms with E-state index in [0.717, 1.165) is 0 Å². The molecule has 0 unspecified atom stereocenters. The van der Waals surface area contributed by atoms with Crippen molar-refractivity contribution in [3.05, 3.63) is 0 Å². The first-order valence-corrected chi connectivity index (χ1v) is 0. The monoisotopic (exact) mass is 798 g/mol. The van der Waals surface area contributed by atoms with E-state index >= 15 is 0 Å². The Balaban J connectivity index is 0. The van der Waals surface area contributed by atoms with Gasteiger partial charge in [-0.15, -0.1) is 0 Å². The third kappa shape index (κ3) is 23.1. The summed E-state index contributed by atoms with van der Waals surface area (Å²) in [6.07, 6.45) is 0. The van der Waals surface area contributed by atoms with Crippen LogP contribution in [0, 0.1) is 0 Å². The van der Waals surface area contributed by atoms with E-state index in [1.807, 2.05) is 0 Å². The van der Waals surface area contributed by atoms with Crippen molar-refractivity contribution < 1.29 is 106 Å². The average molecular weight is 799 g/mol. The second kappa shape index (κ2) is 32.6. The van der Waals surface area contributed by atoms with E-state index in [1.54, 1.807) is 0 Å². The number of hydrogen-bond acceptors (Lipinski definition) is 0. The minimum absolute atomic E-state index is 0. The van der Waals surface area contributed by atoms with Crippen molar-refractivity contribution >= 4 is 45.5 Å². The van der Waals surface area contributed by atoms with E-state index in [0.29, 0.717) is 0 Å². The summed E-state index contributed by atoms with van der Waals surface area (Å²) in [5, 5.41) is 0. The molecular weight excluding hydrogens is 797 g/mol. The van der Waals surface area contributed by atoms with Crippen molar-refractivity contribution in [2.45, 2.75) is 0 Å². The summed E-state index contributed by atoms with van der Waals surface area (Å²) in [6.45, 7) is 0. The first-order valence-electron chi connectivity index (χ1n) is 0. The van der Waals surface area contributed by atoms with E-state index in [2.05, 4.69) is 0 Å².